The number of hydrogen-bond acceptors (Lipinski definition) is 2. The van der Waals surface area contributed by atoms with Gasteiger partial charge in [0, 0.05) is 0 Å². The van der Waals surface area contributed by atoms with E-state index in [1.165, 1.54) is 83.5 Å². The van der Waals surface area contributed by atoms with Crippen LogP contribution in [0.1, 0.15) is 168 Å². The first-order chi connectivity index (χ1) is 17.0. The van der Waals surface area contributed by atoms with Gasteiger partial charge in [-0.2, -0.15) is 0 Å². The van der Waals surface area contributed by atoms with Crippen LogP contribution >= 0.6 is 0 Å². The van der Waals surface area contributed by atoms with Crippen LogP contribution in [0.3, 0.4) is 0 Å². The highest BCUT2D eigenvalue weighted by atomic mass is 16.4. The Morgan fingerprint density at radius 2 is 0.886 bits per heavy atom. The maximum atomic E-state index is 12.1. The van der Waals surface area contributed by atoms with Crippen molar-refractivity contribution in [3.63, 3.8) is 0 Å². The summed E-state index contributed by atoms with van der Waals surface area (Å²) in [6.07, 6.45) is 30.2. The third kappa shape index (κ3) is 20.6. The van der Waals surface area contributed by atoms with Crippen LogP contribution < -0.4 is 0 Å². The number of carbonyl (C=O) groups is 2. The Hall–Kier alpha value is -1.32. The van der Waals surface area contributed by atoms with Crippen molar-refractivity contribution in [2.45, 2.75) is 168 Å². The second kappa shape index (κ2) is 24.4. The lowest BCUT2D eigenvalue weighted by Crippen LogP contribution is -2.33. The van der Waals surface area contributed by atoms with Crippen molar-refractivity contribution in [1.82, 2.24) is 0 Å². The standard InChI is InChI=1S/C31H58O4/c1-3-5-7-9-11-13-15-16-17-19-21-23-25-27-31(30(34)35,28-29(32)33)26-24-22-20-18-14-12-10-8-6-4-2/h16-17H,3-15,18-28H2,1-2H3,(H,32,33)(H,34,35)/b17-16-. The zero-order valence-corrected chi connectivity index (χ0v) is 23.3. The maximum Gasteiger partial charge on any atom is 0.310 e. The highest BCUT2D eigenvalue weighted by Crippen LogP contribution is 2.36. The molecule has 0 spiro atoms. The van der Waals surface area contributed by atoms with Gasteiger partial charge in [-0.25, -0.2) is 0 Å². The molecule has 0 rings (SSSR count). The van der Waals surface area contributed by atoms with Crippen LogP contribution in [-0.2, 0) is 9.59 Å². The van der Waals surface area contributed by atoms with Crippen LogP contribution in [-0.4, -0.2) is 22.2 Å². The van der Waals surface area contributed by atoms with E-state index in [0.29, 0.717) is 12.8 Å². The van der Waals surface area contributed by atoms with Gasteiger partial charge in [-0.05, 0) is 38.5 Å². The van der Waals surface area contributed by atoms with Crippen LogP contribution in [0.25, 0.3) is 0 Å². The van der Waals surface area contributed by atoms with Gasteiger partial charge in [0.25, 0.3) is 0 Å². The molecule has 1 atom stereocenters. The number of carboxylic acid groups (broad SMARTS) is 2. The lowest BCUT2D eigenvalue weighted by atomic mass is 9.75. The largest absolute Gasteiger partial charge is 0.481 e. The molecule has 0 saturated carbocycles. The van der Waals surface area contributed by atoms with Gasteiger partial charge >= 0.3 is 11.9 Å². The van der Waals surface area contributed by atoms with Gasteiger partial charge in [-0.15, -0.1) is 0 Å². The molecule has 0 aliphatic carbocycles. The van der Waals surface area contributed by atoms with Gasteiger partial charge in [0.05, 0.1) is 11.8 Å². The molecule has 4 nitrogen and oxygen atoms in total. The zero-order chi connectivity index (χ0) is 26.0. The van der Waals surface area contributed by atoms with Crippen LogP contribution in [0, 0.1) is 5.41 Å². The summed E-state index contributed by atoms with van der Waals surface area (Å²) in [5.74, 6) is -1.91. The van der Waals surface area contributed by atoms with Gasteiger partial charge < -0.3 is 10.2 Å². The van der Waals surface area contributed by atoms with E-state index in [1.54, 1.807) is 0 Å². The van der Waals surface area contributed by atoms with E-state index in [2.05, 4.69) is 26.0 Å². The highest BCUT2D eigenvalue weighted by molar-refractivity contribution is 5.81. The van der Waals surface area contributed by atoms with Crippen LogP contribution in [0.5, 0.6) is 0 Å². The third-order valence-corrected chi connectivity index (χ3v) is 7.37. The molecule has 0 aromatic carbocycles. The molecule has 0 saturated heterocycles. The molecule has 0 amide bonds. The second-order valence-electron chi connectivity index (χ2n) is 10.7. The van der Waals surface area contributed by atoms with Gasteiger partial charge in [0.1, 0.15) is 0 Å². The van der Waals surface area contributed by atoms with Crippen molar-refractivity contribution in [3.8, 4) is 0 Å². The van der Waals surface area contributed by atoms with Crippen molar-refractivity contribution < 1.29 is 19.8 Å². The summed E-state index contributed by atoms with van der Waals surface area (Å²) < 4.78 is 0. The Kier molecular flexibility index (Phi) is 23.5. The van der Waals surface area contributed by atoms with Gasteiger partial charge in [-0.1, -0.05) is 135 Å². The monoisotopic (exact) mass is 494 g/mol. The summed E-state index contributed by atoms with van der Waals surface area (Å²) in [7, 11) is 0. The lowest BCUT2D eigenvalue weighted by Gasteiger charge is -2.28. The first kappa shape index (κ1) is 33.7. The molecule has 1 unspecified atom stereocenters. The van der Waals surface area contributed by atoms with Gasteiger partial charge in [0.2, 0.25) is 0 Å². The molecule has 2 N–H and O–H groups in total. The van der Waals surface area contributed by atoms with Crippen molar-refractivity contribution in [1.29, 1.82) is 0 Å². The summed E-state index contributed by atoms with van der Waals surface area (Å²) in [6.45, 7) is 4.48. The smallest absolute Gasteiger partial charge is 0.310 e. The maximum absolute atomic E-state index is 12.1. The predicted octanol–water partition coefficient (Wildman–Crippen LogP) is 10.1. The number of aliphatic carboxylic acids is 2. The van der Waals surface area contributed by atoms with E-state index < -0.39 is 17.4 Å². The molecule has 0 fully saturated rings. The zero-order valence-electron chi connectivity index (χ0n) is 23.3. The minimum Gasteiger partial charge on any atom is -0.481 e. The first-order valence-corrected chi connectivity index (χ1v) is 15.1. The molecule has 0 aliphatic rings. The number of rotatable bonds is 27. The molecular weight excluding hydrogens is 436 g/mol. The van der Waals surface area contributed by atoms with E-state index in [-0.39, 0.29) is 6.42 Å². The Morgan fingerprint density at radius 1 is 0.543 bits per heavy atom. The quantitative estimate of drug-likeness (QED) is 0.0879. The summed E-state index contributed by atoms with van der Waals surface area (Å²) in [4.78, 5) is 23.6. The van der Waals surface area contributed by atoms with E-state index >= 15 is 0 Å². The Labute approximate surface area is 217 Å². The fourth-order valence-electron chi connectivity index (χ4n) is 5.01. The highest BCUT2D eigenvalue weighted by Gasteiger charge is 2.39. The summed E-state index contributed by atoms with van der Waals surface area (Å²) in [6, 6.07) is 0. The van der Waals surface area contributed by atoms with E-state index in [4.69, 9.17) is 0 Å². The molecular formula is C31H58O4. The van der Waals surface area contributed by atoms with Crippen molar-refractivity contribution in [2.24, 2.45) is 5.41 Å². The molecule has 4 heteroatoms. The average molecular weight is 495 g/mol. The van der Waals surface area contributed by atoms with Crippen LogP contribution in [0.4, 0.5) is 0 Å². The molecule has 206 valence electrons. The molecule has 0 bridgehead atoms. The molecule has 35 heavy (non-hydrogen) atoms. The van der Waals surface area contributed by atoms with E-state index in [9.17, 15) is 19.8 Å². The Balaban J connectivity index is 4.12. The minimum atomic E-state index is -1.10. The van der Waals surface area contributed by atoms with Crippen LogP contribution in [0.2, 0.25) is 0 Å². The lowest BCUT2D eigenvalue weighted by molar-refractivity contribution is -0.157. The first-order valence-electron chi connectivity index (χ1n) is 15.1. The molecule has 0 aromatic rings. The molecule has 0 aromatic heterocycles. The fraction of sp³-hybridized carbons (Fsp3) is 0.871. The third-order valence-electron chi connectivity index (χ3n) is 7.37. The van der Waals surface area contributed by atoms with Crippen molar-refractivity contribution >= 4 is 11.9 Å². The Morgan fingerprint density at radius 3 is 1.26 bits per heavy atom. The van der Waals surface area contributed by atoms with E-state index in [1.807, 2.05) is 0 Å². The second-order valence-corrected chi connectivity index (χ2v) is 10.7. The molecule has 0 radical (unpaired) electrons. The minimum absolute atomic E-state index is 0.252. The van der Waals surface area contributed by atoms with E-state index in [0.717, 1.165) is 51.4 Å². The number of allylic oxidation sites excluding steroid dienone is 2. The summed E-state index contributed by atoms with van der Waals surface area (Å²) >= 11 is 0. The number of carboxylic acids is 2. The summed E-state index contributed by atoms with van der Waals surface area (Å²) in [5, 5.41) is 19.3. The predicted molar refractivity (Wildman–Crippen MR) is 149 cm³/mol. The molecule has 0 heterocycles. The van der Waals surface area contributed by atoms with Gasteiger partial charge in [0.15, 0.2) is 0 Å². The average Bonchev–Trinajstić information content (AvgIpc) is 2.82. The van der Waals surface area contributed by atoms with Crippen molar-refractivity contribution in [3.05, 3.63) is 12.2 Å². The van der Waals surface area contributed by atoms with Gasteiger partial charge in [-0.3, -0.25) is 9.59 Å². The fourth-order valence-corrected chi connectivity index (χ4v) is 5.01. The van der Waals surface area contributed by atoms with Crippen LogP contribution in [0.15, 0.2) is 12.2 Å². The Bertz CT molecular complexity index is 528. The molecule has 0 aliphatic heterocycles. The summed E-state index contributed by atoms with van der Waals surface area (Å²) in [5.41, 5.74) is -1.10. The SMILES string of the molecule is CCCCCCCC/C=C\CCCCCC(CCCCCCCCCCCC)(CC(=O)O)C(=O)O. The van der Waals surface area contributed by atoms with Crippen molar-refractivity contribution in [2.75, 3.05) is 0 Å². The number of unbranched alkanes of at least 4 members (excludes halogenated alkanes) is 18. The number of hydrogen-bond donors (Lipinski definition) is 2. The normalized spacial score (nSPS) is 13.3. The topological polar surface area (TPSA) is 74.6 Å².